The number of amides is 1. The maximum absolute atomic E-state index is 13.0. The molecule has 0 bridgehead atoms. The first kappa shape index (κ1) is 16.0. The minimum atomic E-state index is -1.11. The molecule has 2 rings (SSSR count). The van der Waals surface area contributed by atoms with Crippen LogP contribution >= 0.6 is 15.9 Å². The highest BCUT2D eigenvalue weighted by molar-refractivity contribution is 9.10. The molecular formula is C16H10BrF2NO2. The normalized spacial score (nSPS) is 10.7. The van der Waals surface area contributed by atoms with Crippen molar-refractivity contribution in [3.63, 3.8) is 0 Å². The predicted molar refractivity (Wildman–Crippen MR) is 82.6 cm³/mol. The smallest absolute Gasteiger partial charge is 0.248 e. The summed E-state index contributed by atoms with van der Waals surface area (Å²) in [6.45, 7) is 0. The quantitative estimate of drug-likeness (QED) is 0.654. The zero-order valence-corrected chi connectivity index (χ0v) is 12.7. The molecule has 3 nitrogen and oxygen atoms in total. The Bertz CT molecular complexity index is 760. The van der Waals surface area contributed by atoms with Crippen LogP contribution in [-0.4, -0.2) is 11.7 Å². The molecule has 0 fully saturated rings. The monoisotopic (exact) mass is 365 g/mol. The Kier molecular flexibility index (Phi) is 5.16. The van der Waals surface area contributed by atoms with Crippen LogP contribution in [0.4, 0.5) is 14.5 Å². The predicted octanol–water partition coefficient (Wildman–Crippen LogP) is 4.10. The molecule has 112 valence electrons. The zero-order chi connectivity index (χ0) is 16.1. The molecule has 22 heavy (non-hydrogen) atoms. The van der Waals surface area contributed by atoms with Crippen LogP contribution in [0.25, 0.3) is 0 Å². The van der Waals surface area contributed by atoms with E-state index in [2.05, 4.69) is 21.2 Å². The number of benzene rings is 2. The molecule has 0 unspecified atom stereocenters. The number of anilines is 1. The third kappa shape index (κ3) is 4.33. The van der Waals surface area contributed by atoms with Crippen molar-refractivity contribution in [1.82, 2.24) is 0 Å². The summed E-state index contributed by atoms with van der Waals surface area (Å²) < 4.78 is 26.6. The summed E-state index contributed by atoms with van der Waals surface area (Å²) in [6.07, 6.45) is 2.03. The van der Waals surface area contributed by atoms with Crippen LogP contribution in [0.15, 0.2) is 59.1 Å². The number of hydrogen-bond acceptors (Lipinski definition) is 2. The van der Waals surface area contributed by atoms with E-state index in [1.807, 2.05) is 0 Å². The van der Waals surface area contributed by atoms with Crippen LogP contribution in [0.3, 0.4) is 0 Å². The van der Waals surface area contributed by atoms with Crippen LogP contribution in [0.1, 0.15) is 10.4 Å². The highest BCUT2D eigenvalue weighted by atomic mass is 79.9. The van der Waals surface area contributed by atoms with Crippen molar-refractivity contribution < 1.29 is 18.4 Å². The SMILES string of the molecule is O=C(/C=C/C(=O)c1ccc(F)c(F)c1)Nc1cccc(Br)c1. The number of ketones is 1. The van der Waals surface area contributed by atoms with Gasteiger partial charge in [-0.2, -0.15) is 0 Å². The molecule has 0 heterocycles. The molecule has 0 aliphatic carbocycles. The lowest BCUT2D eigenvalue weighted by atomic mass is 10.1. The minimum Gasteiger partial charge on any atom is -0.322 e. The molecule has 0 spiro atoms. The van der Waals surface area contributed by atoms with Gasteiger partial charge in [0.2, 0.25) is 5.91 Å². The molecule has 2 aromatic rings. The molecule has 2 aromatic carbocycles. The van der Waals surface area contributed by atoms with Gasteiger partial charge in [0.1, 0.15) is 0 Å². The molecule has 0 saturated heterocycles. The highest BCUT2D eigenvalue weighted by Crippen LogP contribution is 2.15. The molecule has 0 aromatic heterocycles. The Morgan fingerprint density at radius 1 is 1.00 bits per heavy atom. The fraction of sp³-hybridized carbons (Fsp3) is 0. The second kappa shape index (κ2) is 7.09. The molecule has 1 N–H and O–H groups in total. The number of carbonyl (C=O) groups is 2. The molecule has 6 heteroatoms. The number of halogens is 3. The van der Waals surface area contributed by atoms with Crippen molar-refractivity contribution in [2.75, 3.05) is 5.32 Å². The number of carbonyl (C=O) groups excluding carboxylic acids is 2. The summed E-state index contributed by atoms with van der Waals surface area (Å²) in [5.74, 6) is -3.25. The largest absolute Gasteiger partial charge is 0.322 e. The summed E-state index contributed by atoms with van der Waals surface area (Å²) in [7, 11) is 0. The maximum Gasteiger partial charge on any atom is 0.248 e. The maximum atomic E-state index is 13.0. The Labute approximate surface area is 133 Å². The summed E-state index contributed by atoms with van der Waals surface area (Å²) >= 11 is 3.27. The van der Waals surface area contributed by atoms with Crippen LogP contribution < -0.4 is 5.32 Å². The van der Waals surface area contributed by atoms with Gasteiger partial charge in [-0.1, -0.05) is 22.0 Å². The third-order valence-corrected chi connectivity index (χ3v) is 3.18. The van der Waals surface area contributed by atoms with Crippen molar-refractivity contribution in [2.24, 2.45) is 0 Å². The first-order valence-corrected chi connectivity index (χ1v) is 6.99. The molecule has 0 atom stereocenters. The van der Waals surface area contributed by atoms with Crippen LogP contribution in [0.2, 0.25) is 0 Å². The fourth-order valence-corrected chi connectivity index (χ4v) is 2.05. The van der Waals surface area contributed by atoms with E-state index < -0.39 is 23.3 Å². The first-order valence-electron chi connectivity index (χ1n) is 6.20. The van der Waals surface area contributed by atoms with Gasteiger partial charge >= 0.3 is 0 Å². The van der Waals surface area contributed by atoms with E-state index in [0.29, 0.717) is 5.69 Å². The second-order valence-electron chi connectivity index (χ2n) is 4.33. The van der Waals surface area contributed by atoms with E-state index in [4.69, 9.17) is 0 Å². The lowest BCUT2D eigenvalue weighted by molar-refractivity contribution is -0.111. The van der Waals surface area contributed by atoms with Gasteiger partial charge in [-0.05, 0) is 42.5 Å². The molecule has 1 amide bonds. The van der Waals surface area contributed by atoms with E-state index >= 15 is 0 Å². The Hall–Kier alpha value is -2.34. The van der Waals surface area contributed by atoms with Crippen molar-refractivity contribution >= 4 is 33.3 Å². The number of hydrogen-bond donors (Lipinski definition) is 1. The average Bonchev–Trinajstić information content (AvgIpc) is 2.47. The summed E-state index contributed by atoms with van der Waals surface area (Å²) in [6, 6.07) is 9.73. The number of nitrogens with one attached hydrogen (secondary N) is 1. The summed E-state index contributed by atoms with van der Waals surface area (Å²) in [5, 5.41) is 2.57. The zero-order valence-electron chi connectivity index (χ0n) is 11.1. The van der Waals surface area contributed by atoms with E-state index in [1.165, 1.54) is 0 Å². The van der Waals surface area contributed by atoms with Gasteiger partial charge in [-0.3, -0.25) is 9.59 Å². The molecule has 0 aliphatic heterocycles. The molecule has 0 radical (unpaired) electrons. The van der Waals surface area contributed by atoms with E-state index in [0.717, 1.165) is 34.8 Å². The Morgan fingerprint density at radius 2 is 1.77 bits per heavy atom. The molecular weight excluding hydrogens is 356 g/mol. The van der Waals surface area contributed by atoms with E-state index in [1.54, 1.807) is 24.3 Å². The molecule has 0 aliphatic rings. The highest BCUT2D eigenvalue weighted by Gasteiger charge is 2.08. The standard InChI is InChI=1S/C16H10BrF2NO2/c17-11-2-1-3-12(9-11)20-16(22)7-6-15(21)10-4-5-13(18)14(19)8-10/h1-9H,(H,20,22)/b7-6+. The summed E-state index contributed by atoms with van der Waals surface area (Å²) in [4.78, 5) is 23.4. The Morgan fingerprint density at radius 3 is 2.45 bits per heavy atom. The lowest BCUT2D eigenvalue weighted by Crippen LogP contribution is -2.08. The Balaban J connectivity index is 2.02. The van der Waals surface area contributed by atoms with Crippen LogP contribution in [0.5, 0.6) is 0 Å². The second-order valence-corrected chi connectivity index (χ2v) is 5.24. The van der Waals surface area contributed by atoms with Crippen molar-refractivity contribution in [3.8, 4) is 0 Å². The van der Waals surface area contributed by atoms with Crippen molar-refractivity contribution in [1.29, 1.82) is 0 Å². The van der Waals surface area contributed by atoms with Gasteiger partial charge in [0.05, 0.1) is 0 Å². The number of rotatable bonds is 4. The fourth-order valence-electron chi connectivity index (χ4n) is 1.65. The third-order valence-electron chi connectivity index (χ3n) is 2.68. The van der Waals surface area contributed by atoms with Crippen LogP contribution in [-0.2, 0) is 4.79 Å². The first-order chi connectivity index (χ1) is 10.5. The van der Waals surface area contributed by atoms with Crippen molar-refractivity contribution in [3.05, 3.63) is 76.3 Å². The lowest BCUT2D eigenvalue weighted by Gasteiger charge is -2.02. The van der Waals surface area contributed by atoms with E-state index in [9.17, 15) is 18.4 Å². The van der Waals surface area contributed by atoms with Gasteiger partial charge in [-0.25, -0.2) is 8.78 Å². The minimum absolute atomic E-state index is 0.0367. The van der Waals surface area contributed by atoms with Gasteiger partial charge in [0, 0.05) is 21.8 Å². The van der Waals surface area contributed by atoms with Gasteiger partial charge < -0.3 is 5.32 Å². The van der Waals surface area contributed by atoms with Gasteiger partial charge in [0.15, 0.2) is 17.4 Å². The van der Waals surface area contributed by atoms with Gasteiger partial charge in [-0.15, -0.1) is 0 Å². The van der Waals surface area contributed by atoms with Crippen LogP contribution in [0, 0.1) is 11.6 Å². The summed E-state index contributed by atoms with van der Waals surface area (Å²) in [5.41, 5.74) is 0.523. The number of allylic oxidation sites excluding steroid dienone is 1. The average molecular weight is 366 g/mol. The van der Waals surface area contributed by atoms with Gasteiger partial charge in [0.25, 0.3) is 0 Å². The topological polar surface area (TPSA) is 46.2 Å². The van der Waals surface area contributed by atoms with Crippen molar-refractivity contribution in [2.45, 2.75) is 0 Å². The molecule has 0 saturated carbocycles. The van der Waals surface area contributed by atoms with E-state index in [-0.39, 0.29) is 5.56 Å².